The Hall–Kier alpha value is -2.86. The number of ether oxygens (including phenoxy) is 2. The number of carbonyl (C=O) groups is 2. The molecule has 2 atom stereocenters. The maximum atomic E-state index is 13.5. The highest BCUT2D eigenvalue weighted by molar-refractivity contribution is 7.09. The first-order valence-electron chi connectivity index (χ1n) is 12.1. The molecule has 0 bridgehead atoms. The average Bonchev–Trinajstić information content (AvgIpc) is 3.42. The minimum absolute atomic E-state index is 0.0245. The topological polar surface area (TPSA) is 93.4 Å². The van der Waals surface area contributed by atoms with Crippen molar-refractivity contribution in [2.75, 3.05) is 19.8 Å². The number of nitrogens with zero attached hydrogens (tertiary/aromatic N) is 3. The molecule has 2 aromatic rings. The highest BCUT2D eigenvalue weighted by Gasteiger charge is 2.34. The van der Waals surface area contributed by atoms with Crippen LogP contribution in [0.4, 0.5) is 18.0 Å². The van der Waals surface area contributed by atoms with Crippen LogP contribution in [0.5, 0.6) is 5.75 Å². The first kappa shape index (κ1) is 27.2. The molecule has 2 amide bonds. The molecule has 8 nitrogen and oxygen atoms in total. The highest BCUT2D eigenvalue weighted by atomic mass is 32.1. The van der Waals surface area contributed by atoms with Gasteiger partial charge in [0.2, 0.25) is 0 Å². The van der Waals surface area contributed by atoms with Crippen LogP contribution in [0, 0.1) is 0 Å². The van der Waals surface area contributed by atoms with Gasteiger partial charge in [-0.25, -0.2) is 4.79 Å². The summed E-state index contributed by atoms with van der Waals surface area (Å²) in [7, 11) is 0. The molecule has 1 aromatic heterocycles. The predicted molar refractivity (Wildman–Crippen MR) is 130 cm³/mol. The molecule has 37 heavy (non-hydrogen) atoms. The van der Waals surface area contributed by atoms with Crippen LogP contribution in [-0.2, 0) is 22.9 Å². The lowest BCUT2D eigenvalue weighted by atomic mass is 9.95. The summed E-state index contributed by atoms with van der Waals surface area (Å²) in [6, 6.07) is 2.23. The normalized spacial score (nSPS) is 20.7. The van der Waals surface area contributed by atoms with E-state index in [2.05, 4.69) is 4.99 Å². The number of carbonyl (C=O) groups excluding carboxylic acids is 1. The van der Waals surface area contributed by atoms with Gasteiger partial charge in [-0.05, 0) is 42.9 Å². The number of thiazole rings is 1. The summed E-state index contributed by atoms with van der Waals surface area (Å²) >= 11 is 1.31. The van der Waals surface area contributed by atoms with E-state index in [1.54, 1.807) is 0 Å². The molecule has 2 fully saturated rings. The van der Waals surface area contributed by atoms with Crippen LogP contribution in [0.1, 0.15) is 60.8 Å². The standard InChI is InChI=1S/C25H30F3N3O5S/c1-24(2,3)20-13-30(12-17-5-4-10-35-17)22(37-20)29-21(32)18-11-15(25(26,27)28)6-7-19(18)36-14-16-8-9-31(16)23(33)34/h6-7,11,13,16-17H,4-5,8-10,12,14H2,1-3H3,(H,33,34)/t16-,17+/m0/s1. The van der Waals surface area contributed by atoms with Crippen molar-refractivity contribution in [3.8, 4) is 5.75 Å². The molecule has 4 rings (SSSR count). The minimum atomic E-state index is -4.66. The second-order valence-electron chi connectivity index (χ2n) is 10.3. The number of alkyl halides is 3. The fourth-order valence-corrected chi connectivity index (χ4v) is 5.21. The van der Waals surface area contributed by atoms with Gasteiger partial charge in [-0.1, -0.05) is 20.8 Å². The molecule has 0 radical (unpaired) electrons. The van der Waals surface area contributed by atoms with E-state index in [0.29, 0.717) is 30.9 Å². The van der Waals surface area contributed by atoms with E-state index in [1.165, 1.54) is 16.2 Å². The Morgan fingerprint density at radius 2 is 2.00 bits per heavy atom. The van der Waals surface area contributed by atoms with Crippen LogP contribution >= 0.6 is 11.3 Å². The lowest BCUT2D eigenvalue weighted by Crippen LogP contribution is -2.53. The van der Waals surface area contributed by atoms with E-state index >= 15 is 0 Å². The Kier molecular flexibility index (Phi) is 7.70. The van der Waals surface area contributed by atoms with Crippen LogP contribution in [0.3, 0.4) is 0 Å². The van der Waals surface area contributed by atoms with E-state index < -0.39 is 29.8 Å². The van der Waals surface area contributed by atoms with Crippen molar-refractivity contribution < 1.29 is 37.3 Å². The molecule has 12 heteroatoms. The number of benzene rings is 1. The molecule has 2 aliphatic heterocycles. The van der Waals surface area contributed by atoms with Gasteiger partial charge in [-0.15, -0.1) is 11.3 Å². The van der Waals surface area contributed by atoms with E-state index in [4.69, 9.17) is 9.47 Å². The highest BCUT2D eigenvalue weighted by Crippen LogP contribution is 2.33. The summed E-state index contributed by atoms with van der Waals surface area (Å²) in [5.41, 5.74) is -1.54. The summed E-state index contributed by atoms with van der Waals surface area (Å²) in [6.45, 7) is 7.51. The van der Waals surface area contributed by atoms with Crippen LogP contribution in [0.25, 0.3) is 0 Å². The van der Waals surface area contributed by atoms with Crippen molar-refractivity contribution in [1.29, 1.82) is 0 Å². The third-order valence-electron chi connectivity index (χ3n) is 6.44. The number of aromatic nitrogens is 1. The zero-order chi connectivity index (χ0) is 27.0. The number of halogens is 3. The molecular formula is C25H30F3N3O5S. The molecule has 202 valence electrons. The van der Waals surface area contributed by atoms with E-state index in [-0.39, 0.29) is 29.4 Å². The van der Waals surface area contributed by atoms with Crippen molar-refractivity contribution in [1.82, 2.24) is 9.47 Å². The maximum absolute atomic E-state index is 13.5. The third kappa shape index (κ3) is 6.35. The van der Waals surface area contributed by atoms with Gasteiger partial charge >= 0.3 is 12.3 Å². The first-order chi connectivity index (χ1) is 17.3. The van der Waals surface area contributed by atoms with E-state index in [9.17, 15) is 27.9 Å². The molecule has 1 aromatic carbocycles. The second-order valence-corrected chi connectivity index (χ2v) is 11.3. The zero-order valence-electron chi connectivity index (χ0n) is 20.9. The zero-order valence-corrected chi connectivity index (χ0v) is 21.7. The lowest BCUT2D eigenvalue weighted by molar-refractivity contribution is -0.137. The largest absolute Gasteiger partial charge is 0.491 e. The number of carboxylic acid groups (broad SMARTS) is 1. The molecule has 2 aliphatic rings. The molecule has 0 spiro atoms. The Labute approximate surface area is 216 Å². The molecule has 0 unspecified atom stereocenters. The maximum Gasteiger partial charge on any atom is 0.416 e. The Balaban J connectivity index is 1.68. The Morgan fingerprint density at radius 1 is 1.24 bits per heavy atom. The van der Waals surface area contributed by atoms with Crippen molar-refractivity contribution in [2.24, 2.45) is 4.99 Å². The Morgan fingerprint density at radius 3 is 2.57 bits per heavy atom. The quantitative estimate of drug-likeness (QED) is 0.561. The SMILES string of the molecule is CC(C)(C)c1cn(C[C@H]2CCCO2)c(=NC(=O)c2cc(C(F)(F)F)ccc2OC[C@@H]2CCN2C(=O)O)s1. The van der Waals surface area contributed by atoms with Gasteiger partial charge in [0, 0.05) is 24.2 Å². The van der Waals surface area contributed by atoms with Gasteiger partial charge in [0.25, 0.3) is 5.91 Å². The van der Waals surface area contributed by atoms with Gasteiger partial charge in [0.15, 0.2) is 4.80 Å². The van der Waals surface area contributed by atoms with Crippen LogP contribution in [0.2, 0.25) is 0 Å². The minimum Gasteiger partial charge on any atom is -0.491 e. The fourth-order valence-electron chi connectivity index (χ4n) is 4.15. The fraction of sp³-hybridized carbons (Fsp3) is 0.560. The number of hydrogen-bond donors (Lipinski definition) is 1. The lowest BCUT2D eigenvalue weighted by Gasteiger charge is -2.38. The smallest absolute Gasteiger partial charge is 0.416 e. The molecule has 1 N–H and O–H groups in total. The monoisotopic (exact) mass is 541 g/mol. The van der Waals surface area contributed by atoms with Crippen LogP contribution in [-0.4, -0.2) is 58.5 Å². The predicted octanol–water partition coefficient (Wildman–Crippen LogP) is 4.92. The summed E-state index contributed by atoms with van der Waals surface area (Å²) in [6.07, 6.45) is -1.48. The van der Waals surface area contributed by atoms with Crippen LogP contribution < -0.4 is 9.54 Å². The summed E-state index contributed by atoms with van der Waals surface area (Å²) in [4.78, 5) is 31.3. The number of rotatable bonds is 6. The second kappa shape index (κ2) is 10.5. The molecule has 0 saturated carbocycles. The first-order valence-corrected chi connectivity index (χ1v) is 12.9. The average molecular weight is 542 g/mol. The molecule has 3 heterocycles. The van der Waals surface area contributed by atoms with Crippen LogP contribution in [0.15, 0.2) is 29.4 Å². The van der Waals surface area contributed by atoms with Crippen molar-refractivity contribution in [3.63, 3.8) is 0 Å². The summed E-state index contributed by atoms with van der Waals surface area (Å²) in [5.74, 6) is -0.939. The van der Waals surface area contributed by atoms with Crippen molar-refractivity contribution in [3.05, 3.63) is 45.2 Å². The number of likely N-dealkylation sites (tertiary alicyclic amines) is 1. The van der Waals surface area contributed by atoms with Gasteiger partial charge < -0.3 is 24.0 Å². The van der Waals surface area contributed by atoms with Gasteiger partial charge in [0.1, 0.15) is 12.4 Å². The van der Waals surface area contributed by atoms with E-state index in [0.717, 1.165) is 35.9 Å². The molecule has 0 aliphatic carbocycles. The van der Waals surface area contributed by atoms with Gasteiger partial charge in [-0.3, -0.25) is 4.79 Å². The van der Waals surface area contributed by atoms with Crippen molar-refractivity contribution in [2.45, 2.75) is 70.3 Å². The summed E-state index contributed by atoms with van der Waals surface area (Å²) in [5, 5.41) is 9.19. The molecule has 2 saturated heterocycles. The number of amides is 2. The summed E-state index contributed by atoms with van der Waals surface area (Å²) < 4.78 is 53.6. The number of hydrogen-bond acceptors (Lipinski definition) is 5. The third-order valence-corrected chi connectivity index (χ3v) is 7.89. The van der Waals surface area contributed by atoms with E-state index in [1.807, 2.05) is 31.5 Å². The molecular weight excluding hydrogens is 511 g/mol. The van der Waals surface area contributed by atoms with Crippen molar-refractivity contribution >= 4 is 23.3 Å². The Bertz CT molecular complexity index is 1230. The van der Waals surface area contributed by atoms with Gasteiger partial charge in [0.05, 0.1) is 29.8 Å². The van der Waals surface area contributed by atoms with Gasteiger partial charge in [-0.2, -0.15) is 18.2 Å².